The van der Waals surface area contributed by atoms with Gasteiger partial charge < -0.3 is 0 Å². The van der Waals surface area contributed by atoms with E-state index in [2.05, 4.69) is 61.5 Å². The van der Waals surface area contributed by atoms with E-state index >= 15 is 0 Å². The quantitative estimate of drug-likeness (QED) is 0.394. The fourth-order valence-corrected chi connectivity index (χ4v) is 9.68. The van der Waals surface area contributed by atoms with Gasteiger partial charge in [-0.15, -0.1) is 0 Å². The Bertz CT molecular complexity index is 672. The summed E-state index contributed by atoms with van der Waals surface area (Å²) in [5.74, 6) is 4.50. The van der Waals surface area contributed by atoms with Crippen molar-refractivity contribution in [1.29, 1.82) is 0 Å². The van der Waals surface area contributed by atoms with Gasteiger partial charge in [0.15, 0.2) is 0 Å². The molecule has 0 aromatic rings. The Hall–Kier alpha value is -0.260. The van der Waals surface area contributed by atoms with Crippen LogP contribution in [0.5, 0.6) is 0 Å². The standard InChI is InChI=1S/C30H52/c1-21(2)10-9-11-23(4)25-15-17-29(7)26-13-12-24-20-22(3)14-16-27(24,5)30(26,8)19-18-28(25,29)6/h12,21-23,25-26H,9-11,13-20H2,1-8H3. The molecule has 0 radical (unpaired) electrons. The lowest BCUT2D eigenvalue weighted by Crippen LogP contribution is -2.60. The Morgan fingerprint density at radius 3 is 2.27 bits per heavy atom. The lowest BCUT2D eigenvalue weighted by molar-refractivity contribution is -0.162. The van der Waals surface area contributed by atoms with Crippen molar-refractivity contribution in [3.05, 3.63) is 11.6 Å². The van der Waals surface area contributed by atoms with E-state index in [-0.39, 0.29) is 0 Å². The van der Waals surface area contributed by atoms with Crippen LogP contribution in [0.1, 0.15) is 126 Å². The third-order valence-corrected chi connectivity index (χ3v) is 12.2. The summed E-state index contributed by atoms with van der Waals surface area (Å²) < 4.78 is 0. The molecular formula is C30H52. The van der Waals surface area contributed by atoms with Gasteiger partial charge >= 0.3 is 0 Å². The van der Waals surface area contributed by atoms with Crippen molar-refractivity contribution < 1.29 is 0 Å². The zero-order valence-electron chi connectivity index (χ0n) is 21.7. The van der Waals surface area contributed by atoms with Crippen LogP contribution in [0, 0.1) is 51.2 Å². The van der Waals surface area contributed by atoms with Gasteiger partial charge in [0, 0.05) is 0 Å². The first kappa shape index (κ1) is 22.9. The van der Waals surface area contributed by atoms with Crippen molar-refractivity contribution in [1.82, 2.24) is 0 Å². The van der Waals surface area contributed by atoms with Gasteiger partial charge in [-0.2, -0.15) is 0 Å². The summed E-state index contributed by atoms with van der Waals surface area (Å²) in [4.78, 5) is 0. The molecule has 3 fully saturated rings. The van der Waals surface area contributed by atoms with E-state index in [0.29, 0.717) is 21.7 Å². The summed E-state index contributed by atoms with van der Waals surface area (Å²) in [6, 6.07) is 0. The smallest absolute Gasteiger partial charge is 0.00595 e. The Balaban J connectivity index is 1.60. The third kappa shape index (κ3) is 3.12. The minimum Gasteiger partial charge on any atom is -0.0844 e. The third-order valence-electron chi connectivity index (χ3n) is 12.2. The van der Waals surface area contributed by atoms with Crippen molar-refractivity contribution in [2.75, 3.05) is 0 Å². The van der Waals surface area contributed by atoms with Gasteiger partial charge in [-0.1, -0.05) is 86.3 Å². The van der Waals surface area contributed by atoms with Crippen LogP contribution in [0.2, 0.25) is 0 Å². The molecule has 0 aliphatic heterocycles. The number of allylic oxidation sites excluding steroid dienone is 2. The average Bonchev–Trinajstić information content (AvgIpc) is 2.94. The molecule has 30 heavy (non-hydrogen) atoms. The highest BCUT2D eigenvalue weighted by atomic mass is 14.7. The molecule has 8 atom stereocenters. The molecule has 0 N–H and O–H groups in total. The molecule has 0 aromatic heterocycles. The Morgan fingerprint density at radius 1 is 0.867 bits per heavy atom. The van der Waals surface area contributed by atoms with Crippen molar-refractivity contribution >= 4 is 0 Å². The Labute approximate surface area is 189 Å². The van der Waals surface area contributed by atoms with Gasteiger partial charge in [-0.3, -0.25) is 0 Å². The first-order chi connectivity index (χ1) is 14.0. The second kappa shape index (κ2) is 7.66. The molecule has 0 bridgehead atoms. The second-order valence-electron chi connectivity index (χ2n) is 13.9. The van der Waals surface area contributed by atoms with Gasteiger partial charge in [0.2, 0.25) is 0 Å². The number of hydrogen-bond acceptors (Lipinski definition) is 0. The molecule has 4 aliphatic rings. The SMILES string of the molecule is CC(C)CCCC(C)C1CCC2(C)C3CC=C4CC(C)CCC4(C)C3(C)CCC12C. The highest BCUT2D eigenvalue weighted by molar-refractivity contribution is 5.30. The zero-order valence-corrected chi connectivity index (χ0v) is 21.7. The van der Waals surface area contributed by atoms with Crippen LogP contribution in [0.3, 0.4) is 0 Å². The summed E-state index contributed by atoms with van der Waals surface area (Å²) in [6.07, 6.45) is 18.6. The lowest BCUT2D eigenvalue weighted by atomic mass is 9.36. The fourth-order valence-electron chi connectivity index (χ4n) is 9.68. The summed E-state index contributed by atoms with van der Waals surface area (Å²) in [7, 11) is 0. The molecule has 3 saturated carbocycles. The number of rotatable bonds is 5. The molecule has 4 rings (SSSR count). The highest BCUT2D eigenvalue weighted by Crippen LogP contribution is 2.76. The summed E-state index contributed by atoms with van der Waals surface area (Å²) in [5.41, 5.74) is 3.92. The minimum atomic E-state index is 0.466. The molecule has 0 aromatic carbocycles. The Morgan fingerprint density at radius 2 is 1.57 bits per heavy atom. The van der Waals surface area contributed by atoms with Crippen LogP contribution in [-0.4, -0.2) is 0 Å². The molecule has 0 heteroatoms. The number of hydrogen-bond donors (Lipinski definition) is 0. The van der Waals surface area contributed by atoms with Gasteiger partial charge in [0.1, 0.15) is 0 Å². The number of fused-ring (bicyclic) bond motifs is 5. The molecule has 0 spiro atoms. The molecular weight excluding hydrogens is 360 g/mol. The van der Waals surface area contributed by atoms with Crippen LogP contribution < -0.4 is 0 Å². The van der Waals surface area contributed by atoms with E-state index in [1.54, 1.807) is 0 Å². The predicted molar refractivity (Wildman–Crippen MR) is 131 cm³/mol. The fraction of sp³-hybridized carbons (Fsp3) is 0.933. The van der Waals surface area contributed by atoms with E-state index in [9.17, 15) is 0 Å². The van der Waals surface area contributed by atoms with E-state index < -0.39 is 0 Å². The first-order valence-electron chi connectivity index (χ1n) is 13.7. The monoisotopic (exact) mass is 412 g/mol. The molecule has 8 unspecified atom stereocenters. The summed E-state index contributed by atoms with van der Waals surface area (Å²) in [6.45, 7) is 20.8. The molecule has 4 aliphatic carbocycles. The maximum Gasteiger partial charge on any atom is -0.00595 e. The van der Waals surface area contributed by atoms with Crippen molar-refractivity contribution in [2.24, 2.45) is 51.2 Å². The predicted octanol–water partition coefficient (Wildman–Crippen LogP) is 9.44. The first-order valence-corrected chi connectivity index (χ1v) is 13.7. The lowest BCUT2D eigenvalue weighted by Gasteiger charge is -2.68. The molecule has 172 valence electrons. The van der Waals surface area contributed by atoms with E-state index in [4.69, 9.17) is 0 Å². The van der Waals surface area contributed by atoms with E-state index in [1.165, 1.54) is 70.6 Å². The van der Waals surface area contributed by atoms with Crippen LogP contribution in [0.4, 0.5) is 0 Å². The van der Waals surface area contributed by atoms with Crippen molar-refractivity contribution in [3.8, 4) is 0 Å². The van der Waals surface area contributed by atoms with Crippen LogP contribution in [0.15, 0.2) is 11.6 Å². The van der Waals surface area contributed by atoms with Crippen molar-refractivity contribution in [3.63, 3.8) is 0 Å². The van der Waals surface area contributed by atoms with E-state index in [1.807, 2.05) is 5.57 Å². The van der Waals surface area contributed by atoms with Crippen molar-refractivity contribution in [2.45, 2.75) is 126 Å². The summed E-state index contributed by atoms with van der Waals surface area (Å²) >= 11 is 0. The van der Waals surface area contributed by atoms with Crippen LogP contribution >= 0.6 is 0 Å². The van der Waals surface area contributed by atoms with E-state index in [0.717, 1.165) is 29.6 Å². The van der Waals surface area contributed by atoms with Crippen LogP contribution in [-0.2, 0) is 0 Å². The molecule has 0 saturated heterocycles. The minimum absolute atomic E-state index is 0.466. The normalized spacial score (nSPS) is 49.2. The van der Waals surface area contributed by atoms with Gasteiger partial charge in [-0.05, 0) is 103 Å². The molecule has 0 amide bonds. The topological polar surface area (TPSA) is 0 Å². The molecule has 0 heterocycles. The average molecular weight is 413 g/mol. The summed E-state index contributed by atoms with van der Waals surface area (Å²) in [5, 5.41) is 0. The van der Waals surface area contributed by atoms with Gasteiger partial charge in [-0.25, -0.2) is 0 Å². The highest BCUT2D eigenvalue weighted by Gasteiger charge is 2.68. The van der Waals surface area contributed by atoms with Gasteiger partial charge in [0.25, 0.3) is 0 Å². The second-order valence-corrected chi connectivity index (χ2v) is 13.9. The largest absolute Gasteiger partial charge is 0.0844 e. The maximum atomic E-state index is 2.76. The van der Waals surface area contributed by atoms with Gasteiger partial charge in [0.05, 0.1) is 0 Å². The van der Waals surface area contributed by atoms with Crippen LogP contribution in [0.25, 0.3) is 0 Å². The Kier molecular flexibility index (Phi) is 5.85. The molecule has 0 nitrogen and oxygen atoms in total. The maximum absolute atomic E-state index is 2.76. The zero-order chi connectivity index (χ0) is 21.9.